The molecule has 0 spiro atoms. The zero-order chi connectivity index (χ0) is 10.7. The molecule has 0 fully saturated rings. The molecule has 0 bridgehead atoms. The van der Waals surface area contributed by atoms with Crippen molar-refractivity contribution < 1.29 is 0 Å². The molecule has 0 aliphatic heterocycles. The molecule has 2 aromatic heterocycles. The van der Waals surface area contributed by atoms with Crippen LogP contribution in [0.15, 0.2) is 29.9 Å². The third-order valence-electron chi connectivity index (χ3n) is 1.93. The first-order chi connectivity index (χ1) is 7.25. The van der Waals surface area contributed by atoms with Gasteiger partial charge in [-0.15, -0.1) is 11.3 Å². The molecular weight excluding hydrogens is 230 g/mol. The largest absolute Gasteiger partial charge is 0.376 e. The van der Waals surface area contributed by atoms with Crippen molar-refractivity contribution in [3.8, 4) is 0 Å². The Morgan fingerprint density at radius 3 is 2.93 bits per heavy atom. The number of nitrogens with zero attached hydrogens (tertiary/aromatic N) is 2. The van der Waals surface area contributed by atoms with Crippen molar-refractivity contribution >= 4 is 28.6 Å². The molecule has 0 unspecified atom stereocenters. The normalized spacial score (nSPS) is 12.4. The summed E-state index contributed by atoms with van der Waals surface area (Å²) < 4.78 is 0. The Labute approximate surface area is 97.2 Å². The first kappa shape index (κ1) is 10.4. The van der Waals surface area contributed by atoms with E-state index >= 15 is 0 Å². The van der Waals surface area contributed by atoms with E-state index in [0.717, 1.165) is 10.7 Å². The number of halogens is 1. The molecule has 0 saturated heterocycles. The van der Waals surface area contributed by atoms with Gasteiger partial charge < -0.3 is 5.32 Å². The fourth-order valence-corrected chi connectivity index (χ4v) is 2.07. The summed E-state index contributed by atoms with van der Waals surface area (Å²) in [6.07, 6.45) is 3.48. The number of hydrogen-bond acceptors (Lipinski definition) is 4. The molecule has 0 aliphatic rings. The molecule has 1 N–H and O–H groups in total. The lowest BCUT2D eigenvalue weighted by atomic mass is 10.3. The van der Waals surface area contributed by atoms with E-state index in [0.29, 0.717) is 5.15 Å². The van der Waals surface area contributed by atoms with Gasteiger partial charge in [0.25, 0.3) is 0 Å². The van der Waals surface area contributed by atoms with E-state index < -0.39 is 0 Å². The molecule has 5 heteroatoms. The molecule has 0 amide bonds. The van der Waals surface area contributed by atoms with Crippen molar-refractivity contribution in [3.63, 3.8) is 0 Å². The van der Waals surface area contributed by atoms with Crippen molar-refractivity contribution in [2.24, 2.45) is 0 Å². The summed E-state index contributed by atoms with van der Waals surface area (Å²) in [6, 6.07) is 3.87. The van der Waals surface area contributed by atoms with Crippen molar-refractivity contribution in [2.45, 2.75) is 13.0 Å². The Kier molecular flexibility index (Phi) is 3.18. The highest BCUT2D eigenvalue weighted by Crippen LogP contribution is 2.21. The van der Waals surface area contributed by atoms with Crippen molar-refractivity contribution in [3.05, 3.63) is 40.1 Å². The van der Waals surface area contributed by atoms with Gasteiger partial charge in [0.2, 0.25) is 0 Å². The van der Waals surface area contributed by atoms with Gasteiger partial charge in [0.15, 0.2) is 0 Å². The minimum Gasteiger partial charge on any atom is -0.376 e. The van der Waals surface area contributed by atoms with E-state index in [1.165, 1.54) is 0 Å². The molecule has 2 heterocycles. The van der Waals surface area contributed by atoms with Crippen LogP contribution >= 0.6 is 22.9 Å². The Balaban J connectivity index is 2.09. The van der Waals surface area contributed by atoms with Crippen molar-refractivity contribution in [2.75, 3.05) is 5.32 Å². The number of rotatable bonds is 3. The topological polar surface area (TPSA) is 37.8 Å². The maximum atomic E-state index is 5.79. The van der Waals surface area contributed by atoms with Gasteiger partial charge in [0.1, 0.15) is 10.2 Å². The number of nitrogens with one attached hydrogen (secondary N) is 1. The molecular formula is C10H10ClN3S. The van der Waals surface area contributed by atoms with Crippen LogP contribution in [0.1, 0.15) is 18.0 Å². The fourth-order valence-electron chi connectivity index (χ4n) is 1.25. The zero-order valence-electron chi connectivity index (χ0n) is 8.14. The van der Waals surface area contributed by atoms with Gasteiger partial charge >= 0.3 is 0 Å². The summed E-state index contributed by atoms with van der Waals surface area (Å²) in [5.41, 5.74) is 0.956. The monoisotopic (exact) mass is 239 g/mol. The number of hydrogen-bond donors (Lipinski definition) is 1. The molecule has 78 valence electrons. The summed E-state index contributed by atoms with van der Waals surface area (Å²) in [7, 11) is 0. The highest BCUT2D eigenvalue weighted by atomic mass is 35.5. The number of thiazole rings is 1. The molecule has 3 nitrogen and oxygen atoms in total. The third kappa shape index (κ3) is 2.67. The van der Waals surface area contributed by atoms with Crippen LogP contribution in [-0.2, 0) is 0 Å². The Morgan fingerprint density at radius 2 is 2.27 bits per heavy atom. The lowest BCUT2D eigenvalue weighted by molar-refractivity contribution is 0.869. The van der Waals surface area contributed by atoms with Crippen LogP contribution in [0.5, 0.6) is 0 Å². The molecule has 0 aromatic carbocycles. The Morgan fingerprint density at radius 1 is 1.40 bits per heavy atom. The second-order valence-electron chi connectivity index (χ2n) is 3.10. The summed E-state index contributed by atoms with van der Waals surface area (Å²) in [5, 5.41) is 6.82. The first-order valence-electron chi connectivity index (χ1n) is 4.53. The van der Waals surface area contributed by atoms with Crippen LogP contribution in [0.25, 0.3) is 0 Å². The zero-order valence-corrected chi connectivity index (χ0v) is 9.72. The number of anilines is 1. The van der Waals surface area contributed by atoms with Crippen LogP contribution < -0.4 is 5.32 Å². The summed E-state index contributed by atoms with van der Waals surface area (Å²) in [4.78, 5) is 8.16. The van der Waals surface area contributed by atoms with Crippen LogP contribution in [0.4, 0.5) is 5.69 Å². The Bertz CT molecular complexity index is 430. The van der Waals surface area contributed by atoms with Gasteiger partial charge in [0.05, 0.1) is 6.04 Å². The highest BCUT2D eigenvalue weighted by molar-refractivity contribution is 7.09. The van der Waals surface area contributed by atoms with E-state index in [1.54, 1.807) is 29.8 Å². The van der Waals surface area contributed by atoms with Crippen molar-refractivity contribution in [1.29, 1.82) is 0 Å². The van der Waals surface area contributed by atoms with Gasteiger partial charge in [-0.25, -0.2) is 9.97 Å². The highest BCUT2D eigenvalue weighted by Gasteiger charge is 2.07. The van der Waals surface area contributed by atoms with Gasteiger partial charge in [0, 0.05) is 23.5 Å². The minimum absolute atomic E-state index is 0.184. The fraction of sp³-hybridized carbons (Fsp3) is 0.200. The first-order valence-corrected chi connectivity index (χ1v) is 5.79. The summed E-state index contributed by atoms with van der Waals surface area (Å²) in [6.45, 7) is 2.06. The maximum absolute atomic E-state index is 5.79. The number of aromatic nitrogens is 2. The predicted molar refractivity (Wildman–Crippen MR) is 63.4 cm³/mol. The lowest BCUT2D eigenvalue weighted by Crippen LogP contribution is -2.05. The van der Waals surface area contributed by atoms with Gasteiger partial charge in [-0.3, -0.25) is 0 Å². The lowest BCUT2D eigenvalue weighted by Gasteiger charge is -2.12. The van der Waals surface area contributed by atoms with E-state index in [2.05, 4.69) is 22.2 Å². The van der Waals surface area contributed by atoms with E-state index in [9.17, 15) is 0 Å². The number of pyridine rings is 1. The van der Waals surface area contributed by atoms with Gasteiger partial charge in [-0.1, -0.05) is 11.6 Å². The molecule has 0 radical (unpaired) electrons. The van der Waals surface area contributed by atoms with E-state index in [4.69, 9.17) is 11.6 Å². The minimum atomic E-state index is 0.184. The quantitative estimate of drug-likeness (QED) is 0.835. The standard InChI is InChI=1S/C10H10ClN3S/c1-7(10-13-4-5-15-10)14-8-2-3-12-9(11)6-8/h2-7H,1H3,(H,12,14)/t7-/m1/s1. The SMILES string of the molecule is C[C@@H](Nc1ccnc(Cl)c1)c1nccs1. The van der Waals surface area contributed by atoms with Gasteiger partial charge in [-0.05, 0) is 19.1 Å². The molecule has 15 heavy (non-hydrogen) atoms. The van der Waals surface area contributed by atoms with Crippen LogP contribution in [0, 0.1) is 0 Å². The van der Waals surface area contributed by atoms with Gasteiger partial charge in [-0.2, -0.15) is 0 Å². The molecule has 2 rings (SSSR count). The summed E-state index contributed by atoms with van der Waals surface area (Å²) in [5.74, 6) is 0. The molecule has 1 atom stereocenters. The van der Waals surface area contributed by atoms with E-state index in [-0.39, 0.29) is 6.04 Å². The molecule has 2 aromatic rings. The average molecular weight is 240 g/mol. The van der Waals surface area contributed by atoms with Crippen molar-refractivity contribution in [1.82, 2.24) is 9.97 Å². The second kappa shape index (κ2) is 4.59. The summed E-state index contributed by atoms with van der Waals surface area (Å²) >= 11 is 7.42. The second-order valence-corrected chi connectivity index (χ2v) is 4.42. The molecule has 0 saturated carbocycles. The van der Waals surface area contributed by atoms with Crippen LogP contribution in [0.2, 0.25) is 5.15 Å². The van der Waals surface area contributed by atoms with Crippen LogP contribution in [0.3, 0.4) is 0 Å². The third-order valence-corrected chi connectivity index (χ3v) is 3.10. The predicted octanol–water partition coefficient (Wildman–Crippen LogP) is 3.36. The van der Waals surface area contributed by atoms with Crippen LogP contribution in [-0.4, -0.2) is 9.97 Å². The maximum Gasteiger partial charge on any atom is 0.131 e. The Hall–Kier alpha value is -1.13. The molecule has 0 aliphatic carbocycles. The average Bonchev–Trinajstić information content (AvgIpc) is 2.70. The van der Waals surface area contributed by atoms with E-state index in [1.807, 2.05) is 11.4 Å². The smallest absolute Gasteiger partial charge is 0.131 e.